The van der Waals surface area contributed by atoms with Crippen LogP contribution in [0.15, 0.2) is 54.6 Å². The molecule has 1 N–H and O–H groups in total. The van der Waals surface area contributed by atoms with E-state index in [1.807, 2.05) is 30.3 Å². The van der Waals surface area contributed by atoms with Crippen molar-refractivity contribution in [2.75, 3.05) is 6.54 Å². The van der Waals surface area contributed by atoms with Crippen LogP contribution >= 0.6 is 0 Å². The highest BCUT2D eigenvalue weighted by Gasteiger charge is 2.37. The van der Waals surface area contributed by atoms with Crippen molar-refractivity contribution in [3.05, 3.63) is 71.3 Å². The number of ketones is 1. The molecule has 0 saturated heterocycles. The number of nitrogens with one attached hydrogen (secondary N) is 1. The van der Waals surface area contributed by atoms with E-state index in [0.29, 0.717) is 18.4 Å². The lowest BCUT2D eigenvalue weighted by Crippen LogP contribution is -2.19. The third-order valence-corrected chi connectivity index (χ3v) is 6.60. The predicted octanol–water partition coefficient (Wildman–Crippen LogP) is 7.48. The Morgan fingerprint density at radius 1 is 0.806 bits per heavy atom. The molecule has 0 spiro atoms. The van der Waals surface area contributed by atoms with Crippen molar-refractivity contribution in [3.63, 3.8) is 0 Å². The highest BCUT2D eigenvalue weighted by atomic mass is 16.1. The molecule has 3 rings (SSSR count). The zero-order chi connectivity index (χ0) is 21.7. The van der Waals surface area contributed by atoms with Crippen molar-refractivity contribution in [1.29, 1.82) is 0 Å². The lowest BCUT2D eigenvalue weighted by Gasteiger charge is -2.06. The van der Waals surface area contributed by atoms with Gasteiger partial charge in [-0.15, -0.1) is 0 Å². The highest BCUT2D eigenvalue weighted by molar-refractivity contribution is 5.97. The number of hydrogen-bond acceptors (Lipinski definition) is 2. The van der Waals surface area contributed by atoms with E-state index in [4.69, 9.17) is 0 Å². The summed E-state index contributed by atoms with van der Waals surface area (Å²) in [5, 5.41) is 3.74. The van der Waals surface area contributed by atoms with E-state index < -0.39 is 0 Å². The zero-order valence-electron chi connectivity index (χ0n) is 19.5. The summed E-state index contributed by atoms with van der Waals surface area (Å²) in [6, 6.07) is 18.9. The Balaban J connectivity index is 1.24. The van der Waals surface area contributed by atoms with Gasteiger partial charge in [0.2, 0.25) is 0 Å². The van der Waals surface area contributed by atoms with Crippen LogP contribution in [-0.4, -0.2) is 18.4 Å². The largest absolute Gasteiger partial charge is 0.313 e. The Morgan fingerprint density at radius 3 is 2.06 bits per heavy atom. The van der Waals surface area contributed by atoms with E-state index in [1.165, 1.54) is 76.2 Å². The molecule has 1 fully saturated rings. The standard InChI is InChI=1S/C29H41NO/c1-2-3-4-5-6-7-8-9-10-14-21-30-28-23-27(28)25-19-17-24(18-20-25)22-29(31)26-15-12-11-13-16-26/h11-13,15-20,27-28,30H,2-10,14,21-23H2,1H3. The lowest BCUT2D eigenvalue weighted by molar-refractivity contribution is 0.0993. The lowest BCUT2D eigenvalue weighted by atomic mass is 10.0. The average Bonchev–Trinajstić information content (AvgIpc) is 3.58. The van der Waals surface area contributed by atoms with E-state index in [0.717, 1.165) is 17.7 Å². The Bertz CT molecular complexity index is 752. The molecular weight excluding hydrogens is 378 g/mol. The molecule has 1 aliphatic carbocycles. The summed E-state index contributed by atoms with van der Waals surface area (Å²) in [7, 11) is 0. The zero-order valence-corrected chi connectivity index (χ0v) is 19.5. The molecule has 2 heteroatoms. The van der Waals surface area contributed by atoms with Crippen LogP contribution in [0.1, 0.15) is 105 Å². The monoisotopic (exact) mass is 419 g/mol. The third-order valence-electron chi connectivity index (χ3n) is 6.60. The summed E-state index contributed by atoms with van der Waals surface area (Å²) >= 11 is 0. The summed E-state index contributed by atoms with van der Waals surface area (Å²) in [4.78, 5) is 12.4. The van der Waals surface area contributed by atoms with Crippen molar-refractivity contribution < 1.29 is 4.79 Å². The second-order valence-corrected chi connectivity index (χ2v) is 9.29. The van der Waals surface area contributed by atoms with Gasteiger partial charge in [-0.3, -0.25) is 4.79 Å². The van der Waals surface area contributed by atoms with Gasteiger partial charge in [0.15, 0.2) is 5.78 Å². The van der Waals surface area contributed by atoms with Crippen molar-refractivity contribution in [2.24, 2.45) is 0 Å². The van der Waals surface area contributed by atoms with E-state index >= 15 is 0 Å². The van der Waals surface area contributed by atoms with Gasteiger partial charge in [-0.2, -0.15) is 0 Å². The first kappa shape index (κ1) is 23.7. The number of carbonyl (C=O) groups excluding carboxylic acids is 1. The van der Waals surface area contributed by atoms with Crippen molar-refractivity contribution >= 4 is 5.78 Å². The smallest absolute Gasteiger partial charge is 0.167 e. The molecule has 0 amide bonds. The Hall–Kier alpha value is -1.93. The maximum absolute atomic E-state index is 12.4. The highest BCUT2D eigenvalue weighted by Crippen LogP contribution is 2.40. The van der Waals surface area contributed by atoms with Crippen LogP contribution in [0.2, 0.25) is 0 Å². The Kier molecular flexibility index (Phi) is 10.3. The molecule has 0 aliphatic heterocycles. The minimum absolute atomic E-state index is 0.191. The molecule has 1 aliphatic rings. The van der Waals surface area contributed by atoms with Gasteiger partial charge in [-0.25, -0.2) is 0 Å². The van der Waals surface area contributed by atoms with Gasteiger partial charge >= 0.3 is 0 Å². The van der Waals surface area contributed by atoms with Crippen LogP contribution in [0.25, 0.3) is 0 Å². The molecular formula is C29H41NO. The SMILES string of the molecule is CCCCCCCCCCCCNC1CC1c1ccc(CC(=O)c2ccccc2)cc1. The Labute approximate surface area is 189 Å². The fourth-order valence-electron chi connectivity index (χ4n) is 4.48. The fourth-order valence-corrected chi connectivity index (χ4v) is 4.48. The van der Waals surface area contributed by atoms with Gasteiger partial charge in [0.1, 0.15) is 0 Å². The molecule has 2 aromatic rings. The van der Waals surface area contributed by atoms with Gasteiger partial charge in [0, 0.05) is 23.9 Å². The minimum Gasteiger partial charge on any atom is -0.313 e. The first-order valence-electron chi connectivity index (χ1n) is 12.7. The number of rotatable bonds is 16. The van der Waals surface area contributed by atoms with Gasteiger partial charge in [-0.1, -0.05) is 119 Å². The second kappa shape index (κ2) is 13.5. The number of Topliss-reactive ketones (excluding diaryl/α,β-unsaturated/α-hetero) is 1. The second-order valence-electron chi connectivity index (χ2n) is 9.29. The van der Waals surface area contributed by atoms with Crippen LogP contribution < -0.4 is 5.32 Å². The number of unbranched alkanes of at least 4 members (excludes halogenated alkanes) is 9. The van der Waals surface area contributed by atoms with Crippen LogP contribution in [0, 0.1) is 0 Å². The maximum atomic E-state index is 12.4. The maximum Gasteiger partial charge on any atom is 0.167 e. The van der Waals surface area contributed by atoms with E-state index in [-0.39, 0.29) is 5.78 Å². The number of hydrogen-bond donors (Lipinski definition) is 1. The van der Waals surface area contributed by atoms with Gasteiger partial charge in [0.25, 0.3) is 0 Å². The van der Waals surface area contributed by atoms with Crippen LogP contribution in [0.4, 0.5) is 0 Å². The van der Waals surface area contributed by atoms with Crippen LogP contribution in [0.3, 0.4) is 0 Å². The van der Waals surface area contributed by atoms with Crippen molar-refractivity contribution in [1.82, 2.24) is 5.32 Å². The van der Waals surface area contributed by atoms with E-state index in [1.54, 1.807) is 0 Å². The van der Waals surface area contributed by atoms with E-state index in [2.05, 4.69) is 36.5 Å². The molecule has 168 valence electrons. The van der Waals surface area contributed by atoms with E-state index in [9.17, 15) is 4.79 Å². The van der Waals surface area contributed by atoms with Crippen LogP contribution in [0.5, 0.6) is 0 Å². The number of carbonyl (C=O) groups is 1. The molecule has 2 unspecified atom stereocenters. The summed E-state index contributed by atoms with van der Waals surface area (Å²) in [5.74, 6) is 0.845. The van der Waals surface area contributed by atoms with Gasteiger partial charge in [0.05, 0.1) is 0 Å². The topological polar surface area (TPSA) is 29.1 Å². The summed E-state index contributed by atoms with van der Waals surface area (Å²) < 4.78 is 0. The van der Waals surface area contributed by atoms with Crippen LogP contribution in [-0.2, 0) is 6.42 Å². The first-order valence-corrected chi connectivity index (χ1v) is 12.7. The molecule has 1 saturated carbocycles. The molecule has 0 heterocycles. The molecule has 0 aromatic heterocycles. The van der Waals surface area contributed by atoms with Gasteiger partial charge < -0.3 is 5.32 Å². The Morgan fingerprint density at radius 2 is 1.42 bits per heavy atom. The van der Waals surface area contributed by atoms with Crippen molar-refractivity contribution in [2.45, 2.75) is 95.9 Å². The summed E-state index contributed by atoms with van der Waals surface area (Å²) in [6.07, 6.45) is 15.7. The average molecular weight is 420 g/mol. The normalized spacial score (nSPS) is 17.6. The molecule has 2 aromatic carbocycles. The molecule has 0 radical (unpaired) electrons. The molecule has 0 bridgehead atoms. The third kappa shape index (κ3) is 8.61. The first-order chi connectivity index (χ1) is 15.3. The number of benzene rings is 2. The van der Waals surface area contributed by atoms with Gasteiger partial charge in [-0.05, 0) is 30.5 Å². The molecule has 2 nitrogen and oxygen atoms in total. The quantitative estimate of drug-likeness (QED) is 0.226. The molecule has 2 atom stereocenters. The summed E-state index contributed by atoms with van der Waals surface area (Å²) in [6.45, 7) is 3.44. The predicted molar refractivity (Wildman–Crippen MR) is 132 cm³/mol. The van der Waals surface area contributed by atoms with Crippen molar-refractivity contribution in [3.8, 4) is 0 Å². The minimum atomic E-state index is 0.191. The summed E-state index contributed by atoms with van der Waals surface area (Å²) in [5.41, 5.74) is 3.31. The fraction of sp³-hybridized carbons (Fsp3) is 0.552. The molecule has 31 heavy (non-hydrogen) atoms.